The summed E-state index contributed by atoms with van der Waals surface area (Å²) >= 11 is 0. The summed E-state index contributed by atoms with van der Waals surface area (Å²) in [6.45, 7) is 6.88. The van der Waals surface area contributed by atoms with Gasteiger partial charge in [-0.15, -0.1) is 0 Å². The molecule has 0 aromatic heterocycles. The topological polar surface area (TPSA) is 59.6 Å². The van der Waals surface area contributed by atoms with E-state index < -0.39 is 0 Å². The molecule has 0 spiro atoms. The molecule has 5 heteroatoms. The summed E-state index contributed by atoms with van der Waals surface area (Å²) in [7, 11) is 1.65. The molecular weight excluding hydrogens is 376 g/mol. The zero-order valence-corrected chi connectivity index (χ0v) is 18.1. The van der Waals surface area contributed by atoms with Gasteiger partial charge in [0, 0.05) is 17.7 Å². The first-order valence-electron chi connectivity index (χ1n) is 10.6. The Morgan fingerprint density at radius 3 is 2.60 bits per heavy atom. The van der Waals surface area contributed by atoms with E-state index in [0.717, 1.165) is 29.1 Å². The van der Waals surface area contributed by atoms with Gasteiger partial charge >= 0.3 is 0 Å². The normalized spacial score (nSPS) is 21.9. The number of benzene rings is 2. The predicted octanol–water partition coefficient (Wildman–Crippen LogP) is 5.56. The molecule has 5 nitrogen and oxygen atoms in total. The van der Waals surface area contributed by atoms with E-state index >= 15 is 0 Å². The molecule has 30 heavy (non-hydrogen) atoms. The van der Waals surface area contributed by atoms with E-state index in [-0.39, 0.29) is 23.2 Å². The smallest absolute Gasteiger partial charge is 0.166 e. The second-order valence-corrected chi connectivity index (χ2v) is 8.73. The fraction of sp³-hybridized carbons (Fsp3) is 0.400. The van der Waals surface area contributed by atoms with E-state index in [2.05, 4.69) is 37.5 Å². The van der Waals surface area contributed by atoms with Gasteiger partial charge in [-0.25, -0.2) is 0 Å². The number of ether oxygens (including phenoxy) is 2. The molecule has 0 bridgehead atoms. The lowest BCUT2D eigenvalue weighted by Gasteiger charge is -2.36. The molecule has 0 fully saturated rings. The molecule has 0 saturated carbocycles. The molecule has 2 atom stereocenters. The van der Waals surface area contributed by atoms with Crippen molar-refractivity contribution >= 4 is 17.2 Å². The fourth-order valence-corrected chi connectivity index (χ4v) is 4.45. The van der Waals surface area contributed by atoms with E-state index in [4.69, 9.17) is 9.47 Å². The van der Waals surface area contributed by atoms with Crippen LogP contribution >= 0.6 is 0 Å². The monoisotopic (exact) mass is 406 g/mol. The van der Waals surface area contributed by atoms with Gasteiger partial charge in [0.15, 0.2) is 11.5 Å². The molecule has 0 radical (unpaired) electrons. The Morgan fingerprint density at radius 1 is 1.10 bits per heavy atom. The first-order valence-corrected chi connectivity index (χ1v) is 10.6. The van der Waals surface area contributed by atoms with Crippen LogP contribution in [0.5, 0.6) is 11.5 Å². The first kappa shape index (κ1) is 20.3. The standard InChI is InChI=1S/C25H30N2O3/c1-5-13-30-24-16(9-8-12-21(24)29-4)23-22-19(14-25(2,3)15-20(22)28)26-17-10-6-7-11-18(17)27-23/h6-12,14,22-23,26-27H,5,13,15H2,1-4H3/t22-,23-/m1/s1. The summed E-state index contributed by atoms with van der Waals surface area (Å²) in [4.78, 5) is 13.4. The highest BCUT2D eigenvalue weighted by atomic mass is 16.5. The molecule has 4 rings (SSSR count). The number of anilines is 2. The van der Waals surface area contributed by atoms with Gasteiger partial charge in [-0.2, -0.15) is 0 Å². The number of para-hydroxylation sites is 3. The van der Waals surface area contributed by atoms with Crippen LogP contribution in [0.25, 0.3) is 0 Å². The molecule has 2 N–H and O–H groups in total. The largest absolute Gasteiger partial charge is 0.493 e. The van der Waals surface area contributed by atoms with Crippen LogP contribution < -0.4 is 20.1 Å². The van der Waals surface area contributed by atoms with Crippen LogP contribution in [0.4, 0.5) is 11.4 Å². The van der Waals surface area contributed by atoms with Crippen LogP contribution in [0.1, 0.15) is 45.2 Å². The lowest BCUT2D eigenvalue weighted by atomic mass is 9.72. The molecule has 1 aliphatic heterocycles. The third-order valence-corrected chi connectivity index (χ3v) is 5.72. The minimum absolute atomic E-state index is 0.185. The van der Waals surface area contributed by atoms with Crippen molar-refractivity contribution in [2.45, 2.75) is 39.7 Å². The highest BCUT2D eigenvalue weighted by molar-refractivity contribution is 5.90. The summed E-state index contributed by atoms with van der Waals surface area (Å²) in [5.74, 6) is 1.28. The van der Waals surface area contributed by atoms with Crippen molar-refractivity contribution in [3.63, 3.8) is 0 Å². The van der Waals surface area contributed by atoms with Gasteiger partial charge in [0.1, 0.15) is 5.78 Å². The Morgan fingerprint density at radius 2 is 1.87 bits per heavy atom. The molecule has 1 aliphatic carbocycles. The summed E-state index contributed by atoms with van der Waals surface area (Å²) in [5, 5.41) is 7.19. The summed E-state index contributed by atoms with van der Waals surface area (Å²) in [6.07, 6.45) is 3.61. The number of ketones is 1. The van der Waals surface area contributed by atoms with Crippen LogP contribution in [0.3, 0.4) is 0 Å². The number of rotatable bonds is 5. The number of fused-ring (bicyclic) bond motifs is 2. The van der Waals surface area contributed by atoms with Crippen LogP contribution in [-0.2, 0) is 4.79 Å². The average molecular weight is 407 g/mol. The molecule has 2 aliphatic rings. The number of hydrogen-bond donors (Lipinski definition) is 2. The molecule has 0 saturated heterocycles. The Kier molecular flexibility index (Phi) is 5.46. The third kappa shape index (κ3) is 3.76. The molecular formula is C25H30N2O3. The van der Waals surface area contributed by atoms with Crippen molar-refractivity contribution in [3.05, 3.63) is 59.8 Å². The molecule has 2 aromatic rings. The maximum absolute atomic E-state index is 13.4. The lowest BCUT2D eigenvalue weighted by Crippen LogP contribution is -2.36. The highest BCUT2D eigenvalue weighted by Gasteiger charge is 2.42. The van der Waals surface area contributed by atoms with Crippen molar-refractivity contribution in [1.29, 1.82) is 0 Å². The maximum atomic E-state index is 13.4. The fourth-order valence-electron chi connectivity index (χ4n) is 4.45. The van der Waals surface area contributed by atoms with Crippen molar-refractivity contribution < 1.29 is 14.3 Å². The van der Waals surface area contributed by atoms with Gasteiger partial charge in [0.05, 0.1) is 37.1 Å². The number of carbonyl (C=O) groups is 1. The Balaban J connectivity index is 1.89. The zero-order chi connectivity index (χ0) is 21.3. The Bertz CT molecular complexity index is 980. The third-order valence-electron chi connectivity index (χ3n) is 5.72. The van der Waals surface area contributed by atoms with E-state index in [1.807, 2.05) is 42.5 Å². The second-order valence-electron chi connectivity index (χ2n) is 8.73. The summed E-state index contributed by atoms with van der Waals surface area (Å²) in [5.41, 5.74) is 3.64. The van der Waals surface area contributed by atoms with Crippen molar-refractivity contribution in [2.24, 2.45) is 11.3 Å². The number of allylic oxidation sites excluding steroid dienone is 1. The number of nitrogens with one attached hydrogen (secondary N) is 2. The van der Waals surface area contributed by atoms with Crippen molar-refractivity contribution in [2.75, 3.05) is 24.4 Å². The minimum atomic E-state index is -0.332. The molecule has 0 amide bonds. The lowest BCUT2D eigenvalue weighted by molar-refractivity contribution is -0.124. The molecule has 158 valence electrons. The number of Topliss-reactive ketones (excluding diaryl/α,β-unsaturated/α-hetero) is 1. The van der Waals surface area contributed by atoms with Crippen LogP contribution in [0, 0.1) is 11.3 Å². The van der Waals surface area contributed by atoms with Gasteiger partial charge in [-0.05, 0) is 30.0 Å². The van der Waals surface area contributed by atoms with Gasteiger partial charge in [0.25, 0.3) is 0 Å². The zero-order valence-electron chi connectivity index (χ0n) is 18.1. The van der Waals surface area contributed by atoms with Crippen LogP contribution in [0.2, 0.25) is 0 Å². The first-order chi connectivity index (χ1) is 14.4. The van der Waals surface area contributed by atoms with E-state index in [1.165, 1.54) is 0 Å². The maximum Gasteiger partial charge on any atom is 0.166 e. The second kappa shape index (κ2) is 8.05. The van der Waals surface area contributed by atoms with E-state index in [9.17, 15) is 4.79 Å². The SMILES string of the molecule is CCCOc1c(OC)cccc1[C@H]1Nc2ccccc2NC2=CC(C)(C)CC(=O)[C@@H]21. The summed E-state index contributed by atoms with van der Waals surface area (Å²) in [6, 6.07) is 13.7. The van der Waals surface area contributed by atoms with E-state index in [0.29, 0.717) is 24.5 Å². The number of methoxy groups -OCH3 is 1. The number of carbonyl (C=O) groups excluding carboxylic acids is 1. The molecule has 0 unspecified atom stereocenters. The van der Waals surface area contributed by atoms with Gasteiger partial charge in [0.2, 0.25) is 0 Å². The van der Waals surface area contributed by atoms with Crippen LogP contribution in [-0.4, -0.2) is 19.5 Å². The Hall–Kier alpha value is -2.95. The van der Waals surface area contributed by atoms with Gasteiger partial charge in [-0.1, -0.05) is 51.1 Å². The van der Waals surface area contributed by atoms with Gasteiger partial charge < -0.3 is 20.1 Å². The van der Waals surface area contributed by atoms with Crippen molar-refractivity contribution in [1.82, 2.24) is 0 Å². The molecule has 1 heterocycles. The predicted molar refractivity (Wildman–Crippen MR) is 120 cm³/mol. The van der Waals surface area contributed by atoms with Crippen LogP contribution in [0.15, 0.2) is 54.2 Å². The average Bonchev–Trinajstić information content (AvgIpc) is 2.87. The van der Waals surface area contributed by atoms with Crippen molar-refractivity contribution in [3.8, 4) is 11.5 Å². The Labute approximate surface area is 178 Å². The summed E-state index contributed by atoms with van der Waals surface area (Å²) < 4.78 is 11.7. The quantitative estimate of drug-likeness (QED) is 0.681. The number of hydrogen-bond acceptors (Lipinski definition) is 5. The minimum Gasteiger partial charge on any atom is -0.493 e. The van der Waals surface area contributed by atoms with Gasteiger partial charge in [-0.3, -0.25) is 4.79 Å². The van der Waals surface area contributed by atoms with E-state index in [1.54, 1.807) is 7.11 Å². The highest BCUT2D eigenvalue weighted by Crippen LogP contribution is 2.48. The molecule has 2 aromatic carbocycles.